The van der Waals surface area contributed by atoms with Crippen LogP contribution < -0.4 is 4.90 Å². The number of pyridine rings is 1. The van der Waals surface area contributed by atoms with Crippen LogP contribution in [0.15, 0.2) is 35.3 Å². The lowest BCUT2D eigenvalue weighted by molar-refractivity contribution is -0.118. The van der Waals surface area contributed by atoms with Crippen molar-refractivity contribution in [2.45, 2.75) is 18.6 Å². The van der Waals surface area contributed by atoms with E-state index in [1.807, 2.05) is 31.5 Å². The van der Waals surface area contributed by atoms with Crippen LogP contribution in [0.4, 0.5) is 5.69 Å². The van der Waals surface area contributed by atoms with Gasteiger partial charge in [-0.25, -0.2) is 4.68 Å². The van der Waals surface area contributed by atoms with Gasteiger partial charge in [0.05, 0.1) is 23.8 Å². The Labute approximate surface area is 136 Å². The number of rotatable bonds is 5. The highest BCUT2D eigenvalue weighted by molar-refractivity contribution is 9.10. The molecule has 0 aromatic carbocycles. The second-order valence-corrected chi connectivity index (χ2v) is 6.69. The van der Waals surface area contributed by atoms with Crippen LogP contribution in [0.25, 0.3) is 5.69 Å². The van der Waals surface area contributed by atoms with E-state index in [1.165, 1.54) is 0 Å². The van der Waals surface area contributed by atoms with E-state index in [4.69, 9.17) is 0 Å². The Morgan fingerprint density at radius 2 is 2.33 bits per heavy atom. The molecule has 0 N–H and O–H groups in total. The van der Waals surface area contributed by atoms with Gasteiger partial charge in [-0.05, 0) is 34.3 Å². The summed E-state index contributed by atoms with van der Waals surface area (Å²) in [5.74, 6) is 0.0725. The van der Waals surface area contributed by atoms with Gasteiger partial charge in [0.15, 0.2) is 4.60 Å². The summed E-state index contributed by atoms with van der Waals surface area (Å²) < 4.78 is 2.34. The number of aromatic nitrogens is 3. The number of hydrogen-bond donors (Lipinski definition) is 0. The fraction of sp³-hybridized carbons (Fsp3) is 0.357. The fourth-order valence-corrected chi connectivity index (χ4v) is 2.64. The molecule has 0 spiro atoms. The number of carbonyl (C=O) groups excluding carboxylic acids is 1. The van der Waals surface area contributed by atoms with Gasteiger partial charge < -0.3 is 4.90 Å². The molecule has 0 fully saturated rings. The number of nitrogens with zero attached hydrogens (tertiary/aromatic N) is 4. The first-order chi connectivity index (χ1) is 10.0. The van der Waals surface area contributed by atoms with Crippen molar-refractivity contribution in [3.05, 3.63) is 35.3 Å². The van der Waals surface area contributed by atoms with Gasteiger partial charge in [-0.2, -0.15) is 16.9 Å². The second-order valence-electron chi connectivity index (χ2n) is 4.66. The average molecular weight is 369 g/mol. The monoisotopic (exact) mass is 368 g/mol. The zero-order valence-corrected chi connectivity index (χ0v) is 14.6. The molecular weight excluding hydrogens is 352 g/mol. The van der Waals surface area contributed by atoms with Gasteiger partial charge in [-0.3, -0.25) is 9.78 Å². The van der Waals surface area contributed by atoms with E-state index in [1.54, 1.807) is 40.8 Å². The molecule has 0 aliphatic heterocycles. The quantitative estimate of drug-likeness (QED) is 0.813. The molecule has 0 aliphatic carbocycles. The summed E-state index contributed by atoms with van der Waals surface area (Å²) >= 11 is 5.10. The molecule has 1 unspecified atom stereocenters. The van der Waals surface area contributed by atoms with Gasteiger partial charge >= 0.3 is 0 Å². The number of hydrogen-bond acceptors (Lipinski definition) is 4. The van der Waals surface area contributed by atoms with Crippen molar-refractivity contribution in [1.82, 2.24) is 14.8 Å². The van der Waals surface area contributed by atoms with Crippen molar-refractivity contribution in [3.63, 3.8) is 0 Å². The van der Waals surface area contributed by atoms with Crippen LogP contribution in [-0.4, -0.2) is 39.2 Å². The predicted octanol–water partition coefficient (Wildman–Crippen LogP) is 3.13. The molecule has 0 bridgehead atoms. The van der Waals surface area contributed by atoms with Gasteiger partial charge in [0.25, 0.3) is 0 Å². The summed E-state index contributed by atoms with van der Waals surface area (Å²) in [6.07, 6.45) is 7.77. The van der Waals surface area contributed by atoms with Gasteiger partial charge in [0.1, 0.15) is 0 Å². The van der Waals surface area contributed by atoms with Crippen LogP contribution in [-0.2, 0) is 4.79 Å². The first kappa shape index (κ1) is 16.0. The van der Waals surface area contributed by atoms with Crippen LogP contribution in [0, 0.1) is 0 Å². The summed E-state index contributed by atoms with van der Waals surface area (Å²) in [4.78, 5) is 18.0. The van der Waals surface area contributed by atoms with Gasteiger partial charge in [0.2, 0.25) is 5.91 Å². The molecule has 0 saturated carbocycles. The van der Waals surface area contributed by atoms with Crippen LogP contribution in [0.2, 0.25) is 0 Å². The molecule has 21 heavy (non-hydrogen) atoms. The summed E-state index contributed by atoms with van der Waals surface area (Å²) in [5.41, 5.74) is 1.60. The summed E-state index contributed by atoms with van der Waals surface area (Å²) in [5, 5.41) is 4.68. The Bertz CT molecular complexity index is 617. The fourth-order valence-electron chi connectivity index (χ4n) is 1.79. The molecule has 112 valence electrons. The van der Waals surface area contributed by atoms with Crippen molar-refractivity contribution in [3.8, 4) is 5.69 Å². The molecule has 1 atom stereocenters. The van der Waals surface area contributed by atoms with E-state index in [9.17, 15) is 4.79 Å². The normalized spacial score (nSPS) is 12.2. The minimum atomic E-state index is 0.0725. The molecule has 0 aliphatic rings. The number of halogens is 1. The Morgan fingerprint density at radius 3 is 2.95 bits per heavy atom. The van der Waals surface area contributed by atoms with E-state index in [2.05, 4.69) is 26.0 Å². The highest BCUT2D eigenvalue weighted by Gasteiger charge is 2.19. The predicted molar refractivity (Wildman–Crippen MR) is 90.1 cm³/mol. The second kappa shape index (κ2) is 7.09. The first-order valence-electron chi connectivity index (χ1n) is 6.48. The Hall–Kier alpha value is -1.34. The zero-order chi connectivity index (χ0) is 15.4. The number of anilines is 1. The Kier molecular flexibility index (Phi) is 5.41. The Morgan fingerprint density at radius 1 is 1.57 bits per heavy atom. The van der Waals surface area contributed by atoms with E-state index in [0.29, 0.717) is 16.3 Å². The number of thioether (sulfide) groups is 1. The van der Waals surface area contributed by atoms with Crippen LogP contribution in [0.5, 0.6) is 0 Å². The largest absolute Gasteiger partial charge is 0.312 e. The minimum Gasteiger partial charge on any atom is -0.312 e. The summed E-state index contributed by atoms with van der Waals surface area (Å²) in [6.45, 7) is 2.05. The third-order valence-corrected chi connectivity index (χ3v) is 4.70. The zero-order valence-electron chi connectivity index (χ0n) is 12.2. The topological polar surface area (TPSA) is 51.0 Å². The number of amides is 1. The third kappa shape index (κ3) is 3.85. The number of carbonyl (C=O) groups is 1. The standard InChI is InChI=1S/C14H17BrN4OS/c1-10(21-3)7-13(20)18(2)12-9-19(17-14(12)15)11-5-4-6-16-8-11/h4-6,8-10H,7H2,1-3H3. The van der Waals surface area contributed by atoms with Gasteiger partial charge in [0, 0.05) is 24.9 Å². The molecule has 2 aromatic heterocycles. The minimum absolute atomic E-state index is 0.0725. The first-order valence-corrected chi connectivity index (χ1v) is 8.56. The molecule has 7 heteroatoms. The molecule has 5 nitrogen and oxygen atoms in total. The van der Waals surface area contributed by atoms with Crippen molar-refractivity contribution in [1.29, 1.82) is 0 Å². The lowest BCUT2D eigenvalue weighted by Gasteiger charge is -2.17. The van der Waals surface area contributed by atoms with Crippen LogP contribution in [0.3, 0.4) is 0 Å². The maximum atomic E-state index is 12.3. The lowest BCUT2D eigenvalue weighted by Crippen LogP contribution is -2.28. The molecule has 1 amide bonds. The van der Waals surface area contributed by atoms with E-state index in [0.717, 1.165) is 11.4 Å². The molecule has 2 heterocycles. The van der Waals surface area contributed by atoms with Crippen molar-refractivity contribution >= 4 is 39.3 Å². The van der Waals surface area contributed by atoms with Gasteiger partial charge in [-0.15, -0.1) is 0 Å². The highest BCUT2D eigenvalue weighted by atomic mass is 79.9. The summed E-state index contributed by atoms with van der Waals surface area (Å²) in [6, 6.07) is 3.76. The van der Waals surface area contributed by atoms with Crippen LogP contribution in [0.1, 0.15) is 13.3 Å². The smallest absolute Gasteiger partial charge is 0.227 e. The van der Waals surface area contributed by atoms with Gasteiger partial charge in [-0.1, -0.05) is 6.92 Å². The molecule has 0 radical (unpaired) electrons. The SMILES string of the molecule is CSC(C)CC(=O)N(C)c1cn(-c2cccnc2)nc1Br. The van der Waals surface area contributed by atoms with Crippen molar-refractivity contribution in [2.75, 3.05) is 18.2 Å². The summed E-state index contributed by atoms with van der Waals surface area (Å²) in [7, 11) is 1.77. The Balaban J connectivity index is 2.21. The van der Waals surface area contributed by atoms with Crippen molar-refractivity contribution < 1.29 is 4.79 Å². The highest BCUT2D eigenvalue weighted by Crippen LogP contribution is 2.26. The molecular formula is C14H17BrN4OS. The maximum absolute atomic E-state index is 12.3. The van der Waals surface area contributed by atoms with E-state index >= 15 is 0 Å². The van der Waals surface area contributed by atoms with Crippen LogP contribution >= 0.6 is 27.7 Å². The third-order valence-electron chi connectivity index (χ3n) is 3.16. The molecule has 2 aromatic rings. The lowest BCUT2D eigenvalue weighted by atomic mass is 10.3. The van der Waals surface area contributed by atoms with E-state index in [-0.39, 0.29) is 5.91 Å². The van der Waals surface area contributed by atoms with Crippen molar-refractivity contribution in [2.24, 2.45) is 0 Å². The average Bonchev–Trinajstić information content (AvgIpc) is 2.89. The maximum Gasteiger partial charge on any atom is 0.227 e. The van der Waals surface area contributed by atoms with E-state index < -0.39 is 0 Å². The molecule has 0 saturated heterocycles. The molecule has 2 rings (SSSR count).